The van der Waals surface area contributed by atoms with Gasteiger partial charge in [0.15, 0.2) is 0 Å². The van der Waals surface area contributed by atoms with Gasteiger partial charge >= 0.3 is 0 Å². The van der Waals surface area contributed by atoms with Crippen LogP contribution in [0, 0.1) is 13.8 Å². The van der Waals surface area contributed by atoms with Crippen LogP contribution in [0.3, 0.4) is 0 Å². The highest BCUT2D eigenvalue weighted by atomic mass is 16.5. The van der Waals surface area contributed by atoms with Crippen molar-refractivity contribution in [2.45, 2.75) is 36.9 Å². The maximum atomic E-state index is 15.7. The molecule has 0 fully saturated rings. The Bertz CT molecular complexity index is 7490. The molecule has 0 aromatic heterocycles. The molecule has 0 saturated carbocycles. The Morgan fingerprint density at radius 3 is 0.612 bits per heavy atom. The number of aliphatic hydroxyl groups excluding tert-OH is 2. The molecule has 85 heavy (non-hydrogen) atoms. The van der Waals surface area contributed by atoms with E-state index in [4.69, 9.17) is 14.2 Å². The molecular weight excluding hydrogens is 1040 g/mol. The topological polar surface area (TPSA) is 68.2 Å². The van der Waals surface area contributed by atoms with E-state index in [1.807, 2.05) is 0 Å². The third kappa shape index (κ3) is 2.22. The summed E-state index contributed by atoms with van der Waals surface area (Å²) in [5, 5.41) is 112. The first-order chi connectivity index (χ1) is 42.0. The van der Waals surface area contributed by atoms with Crippen molar-refractivity contribution in [2.75, 3.05) is 26.4 Å². The fraction of sp³-hybridized carbons (Fsp3) is 0.125. The largest absolute Gasteiger partial charge is 0.491 e. The Kier molecular flexibility index (Phi) is 3.67. The van der Waals surface area contributed by atoms with E-state index in [1.165, 1.54) is 238 Å². The first-order valence-corrected chi connectivity index (χ1v) is 31.2. The Morgan fingerprint density at radius 2 is 0.435 bits per heavy atom. The van der Waals surface area contributed by atoms with Crippen molar-refractivity contribution in [2.24, 2.45) is 0 Å². The molecule has 0 saturated heterocycles. The van der Waals surface area contributed by atoms with Gasteiger partial charge in [0.1, 0.15) is 24.7 Å². The molecule has 4 aliphatic carbocycles. The lowest BCUT2D eigenvalue weighted by atomic mass is 9.43. The van der Waals surface area contributed by atoms with Crippen LogP contribution in [0.15, 0.2) is 36.4 Å². The van der Waals surface area contributed by atoms with Crippen molar-refractivity contribution in [3.05, 3.63) is 80.9 Å². The van der Waals surface area contributed by atoms with E-state index >= 15 is 10.2 Å². The van der Waals surface area contributed by atoms with Gasteiger partial charge in [-0.25, -0.2) is 0 Å². The molecule has 4 aliphatic heterocycles. The SMILES string of the molecule is Cc1cc2ccc1C(O)C13c4c5c6c7c8c9c(c%10c%11c1c1c4c4c%12c5c5c6c6c8c8c%13c9c9c%10c%10c%11c%11c1c1c4c4c%12c%12c5c5c6c8c6c8c%13c9c9c%10c%10c%11c1c1c4c4c%12c5c6c5c8c9c%10c1c45)C73C(O)c1ccc(cc1C)OCCOCCO2. The van der Waals surface area contributed by atoms with Gasteiger partial charge in [0.25, 0.3) is 0 Å². The van der Waals surface area contributed by atoms with Gasteiger partial charge in [-0.15, -0.1) is 0 Å². The molecule has 4 heterocycles. The van der Waals surface area contributed by atoms with Crippen LogP contribution in [0.25, 0.3) is 291 Å². The minimum absolute atomic E-state index is 0.403. The average molecular weight is 1070 g/mol. The summed E-state index contributed by atoms with van der Waals surface area (Å²) in [7, 11) is 0. The molecule has 30 aromatic carbocycles. The average Bonchev–Trinajstić information content (AvgIpc) is 1.39. The second kappa shape index (κ2) is 8.80. The van der Waals surface area contributed by atoms with E-state index in [0.717, 1.165) is 33.8 Å². The number of hydrogen-bond donors (Lipinski definition) is 2. The van der Waals surface area contributed by atoms with E-state index < -0.39 is 23.0 Å². The van der Waals surface area contributed by atoms with Gasteiger partial charge in [-0.05, 0) is 373 Å². The van der Waals surface area contributed by atoms with E-state index in [-0.39, 0.29) is 0 Å². The second-order valence-electron chi connectivity index (χ2n) is 29.5. The number of benzene rings is 20. The molecule has 30 aromatic rings. The predicted octanol–water partition coefficient (Wildman–Crippen LogP) is 19.2. The summed E-state index contributed by atoms with van der Waals surface area (Å²) in [5.41, 5.74) is 6.58. The highest BCUT2D eigenvalue weighted by Crippen LogP contribution is 2.87. The molecule has 0 amide bonds. The zero-order chi connectivity index (χ0) is 52.3. The van der Waals surface area contributed by atoms with Gasteiger partial charge in [0.05, 0.1) is 36.3 Å². The lowest BCUT2D eigenvalue weighted by Gasteiger charge is -2.58. The number of ether oxygens (including phenoxy) is 3. The molecule has 2 unspecified atom stereocenters. The molecule has 374 valence electrons. The molecule has 5 nitrogen and oxygen atoms in total. The van der Waals surface area contributed by atoms with Gasteiger partial charge in [-0.1, -0.05) is 12.1 Å². The van der Waals surface area contributed by atoms with E-state index in [1.54, 1.807) is 75.4 Å². The highest BCUT2D eigenvalue weighted by Gasteiger charge is 2.74. The molecule has 2 spiro atoms. The first-order valence-electron chi connectivity index (χ1n) is 31.2. The zero-order valence-corrected chi connectivity index (χ0v) is 44.6. The summed E-state index contributed by atoms with van der Waals surface area (Å²) in [5.74, 6) is 1.54. The van der Waals surface area contributed by atoms with Crippen LogP contribution < -0.4 is 9.47 Å². The van der Waals surface area contributed by atoms with Crippen LogP contribution in [0.4, 0.5) is 0 Å². The number of aliphatic hydroxyl groups is 2. The van der Waals surface area contributed by atoms with Gasteiger partial charge in [-0.3, -0.25) is 0 Å². The Labute approximate surface area is 468 Å². The van der Waals surface area contributed by atoms with Gasteiger partial charge < -0.3 is 24.4 Å². The summed E-state index contributed by atoms with van der Waals surface area (Å²) in [6.45, 7) is 6.09. The van der Waals surface area contributed by atoms with Crippen LogP contribution in [0.5, 0.6) is 11.5 Å². The molecule has 8 aliphatic rings. The van der Waals surface area contributed by atoms with Crippen molar-refractivity contribution >= 4 is 291 Å². The van der Waals surface area contributed by atoms with Crippen molar-refractivity contribution in [1.82, 2.24) is 0 Å². The van der Waals surface area contributed by atoms with E-state index in [9.17, 15) is 0 Å². The number of rotatable bonds is 0. The zero-order valence-electron chi connectivity index (χ0n) is 44.6. The lowest BCUT2D eigenvalue weighted by Crippen LogP contribution is -2.58. The monoisotopic (exact) mass is 1060 g/mol. The summed E-state index contributed by atoms with van der Waals surface area (Å²) < 4.78 is 19.2. The van der Waals surface area contributed by atoms with Crippen LogP contribution in [-0.4, -0.2) is 36.6 Å². The van der Waals surface area contributed by atoms with Gasteiger partial charge in [-0.2, -0.15) is 0 Å². The maximum absolute atomic E-state index is 15.7. The smallest absolute Gasteiger partial charge is 0.119 e. The highest BCUT2D eigenvalue weighted by molar-refractivity contribution is 6.82. The third-order valence-electron chi connectivity index (χ3n) is 28.3. The summed E-state index contributed by atoms with van der Waals surface area (Å²) >= 11 is 0. The van der Waals surface area contributed by atoms with Crippen LogP contribution in [0.1, 0.15) is 56.7 Å². The molecule has 2 N–H and O–H groups in total. The number of hydrogen-bond acceptors (Lipinski definition) is 5. The van der Waals surface area contributed by atoms with E-state index in [2.05, 4.69) is 50.2 Å². The fourth-order valence-corrected chi connectivity index (χ4v) is 27.4. The minimum atomic E-state index is -1.22. The first kappa shape index (κ1) is 35.5. The number of aryl methyl sites for hydroxylation is 2. The van der Waals surface area contributed by atoms with Crippen LogP contribution >= 0.6 is 0 Å². The standard InChI is InChI=1S/C80H24O5/c1-13-11-15-3-5-17(13)77(81)79-73-65-57-47-37-29-21-19-20-23-27-25(21)33-41-35(27)45-39-31(23)32-24(20)28-26-22(19)30(29)38-44-34(26)42-36(28)46-40(32)50-49(39)59-53(45)63-55(41)61(51(57)43(33)37)69(73)71(63)75-67(59)68-60(50)54(46)64-56(42)62-52(44)58(48(38)47)66(65)74(79)70(62)72(64)76(68)80(75,79)78(82)18-6-4-16(12-14(18)2)85-10-8-83-7-9-84-15/h3-6,11-12,77-78,81-82H,7-10H2,1-2H3. The molecule has 0 radical (unpaired) electrons. The molecule has 2 atom stereocenters. The Balaban J connectivity index is 1.01. The molecule has 38 rings (SSSR count). The Morgan fingerprint density at radius 1 is 0.259 bits per heavy atom. The van der Waals surface area contributed by atoms with Crippen LogP contribution in [0.2, 0.25) is 0 Å². The maximum Gasteiger partial charge on any atom is 0.119 e. The lowest BCUT2D eigenvalue weighted by molar-refractivity contribution is -0.00275. The summed E-state index contributed by atoms with van der Waals surface area (Å²) in [4.78, 5) is 0. The predicted molar refractivity (Wildman–Crippen MR) is 348 cm³/mol. The second-order valence-corrected chi connectivity index (χ2v) is 29.5. The van der Waals surface area contributed by atoms with Gasteiger partial charge in [0, 0.05) is 0 Å². The third-order valence-corrected chi connectivity index (χ3v) is 28.3. The van der Waals surface area contributed by atoms with Crippen molar-refractivity contribution < 1.29 is 24.4 Å². The quantitative estimate of drug-likeness (QED) is 0.148. The normalized spacial score (nSPS) is 23.1. The van der Waals surface area contributed by atoms with Crippen molar-refractivity contribution in [1.29, 1.82) is 0 Å². The van der Waals surface area contributed by atoms with Crippen LogP contribution in [-0.2, 0) is 15.6 Å². The van der Waals surface area contributed by atoms with Crippen molar-refractivity contribution in [3.63, 3.8) is 0 Å². The minimum Gasteiger partial charge on any atom is -0.491 e. The summed E-state index contributed by atoms with van der Waals surface area (Å²) in [6.07, 6.45) is -2.19. The summed E-state index contributed by atoms with van der Waals surface area (Å²) in [6, 6.07) is 13.0. The Hall–Kier alpha value is -9.62. The molecular formula is C80H24O5. The van der Waals surface area contributed by atoms with Gasteiger partial charge in [0.2, 0.25) is 0 Å². The van der Waals surface area contributed by atoms with Crippen molar-refractivity contribution in [3.8, 4) is 11.5 Å². The fourth-order valence-electron chi connectivity index (χ4n) is 27.4. The van der Waals surface area contributed by atoms with E-state index in [0.29, 0.717) is 26.4 Å². The molecule has 5 heteroatoms. The molecule has 4 bridgehead atoms.